The lowest BCUT2D eigenvalue weighted by molar-refractivity contribution is 0.0751. The van der Waals surface area contributed by atoms with Crippen LogP contribution in [-0.4, -0.2) is 37.0 Å². The molecule has 3 rings (SSSR count). The summed E-state index contributed by atoms with van der Waals surface area (Å²) in [5.74, 6) is 0.180. The molecule has 1 aromatic heterocycles. The minimum atomic E-state index is 0.180. The normalized spacial score (nSPS) is 15.0. The number of rotatable bonds is 4. The molecule has 0 N–H and O–H groups in total. The molecule has 1 aliphatic rings. The zero-order valence-electron chi connectivity index (χ0n) is 13.9. The molecule has 1 amide bonds. The topological polar surface area (TPSA) is 23.6 Å². The molecule has 0 radical (unpaired) electrons. The highest BCUT2D eigenvalue weighted by Crippen LogP contribution is 2.28. The highest BCUT2D eigenvalue weighted by atomic mass is 32.1. The highest BCUT2D eigenvalue weighted by Gasteiger charge is 2.24. The highest BCUT2D eigenvalue weighted by molar-refractivity contribution is 7.12. The van der Waals surface area contributed by atoms with Crippen LogP contribution in [0.3, 0.4) is 0 Å². The number of carbonyl (C=O) groups excluding carboxylic acids is 1. The minimum Gasteiger partial charge on any atom is -0.368 e. The van der Waals surface area contributed by atoms with Crippen LogP contribution < -0.4 is 4.90 Å². The first-order valence-electron chi connectivity index (χ1n) is 8.43. The molecule has 1 saturated heterocycles. The van der Waals surface area contributed by atoms with Crippen molar-refractivity contribution in [2.45, 2.75) is 26.7 Å². The van der Waals surface area contributed by atoms with Crippen molar-refractivity contribution in [1.29, 1.82) is 0 Å². The van der Waals surface area contributed by atoms with Gasteiger partial charge in [0.15, 0.2) is 0 Å². The summed E-state index contributed by atoms with van der Waals surface area (Å²) in [7, 11) is 0. The van der Waals surface area contributed by atoms with Crippen LogP contribution in [0.25, 0.3) is 0 Å². The Hall–Kier alpha value is -1.81. The van der Waals surface area contributed by atoms with E-state index in [9.17, 15) is 4.79 Å². The van der Waals surface area contributed by atoms with Crippen molar-refractivity contribution < 1.29 is 4.79 Å². The number of carbonyl (C=O) groups is 1. The first-order chi connectivity index (χ1) is 11.2. The molecule has 1 aliphatic heterocycles. The molecule has 0 unspecified atom stereocenters. The maximum Gasteiger partial charge on any atom is 0.264 e. The molecule has 0 atom stereocenters. The average molecular weight is 328 g/mol. The molecule has 0 saturated carbocycles. The molecule has 23 heavy (non-hydrogen) atoms. The Balaban J connectivity index is 1.73. The Labute approximate surface area is 142 Å². The molecular weight excluding hydrogens is 304 g/mol. The third-order valence-corrected chi connectivity index (χ3v) is 5.44. The molecule has 0 aliphatic carbocycles. The van der Waals surface area contributed by atoms with Gasteiger partial charge < -0.3 is 9.80 Å². The van der Waals surface area contributed by atoms with E-state index in [4.69, 9.17) is 0 Å². The number of piperazine rings is 1. The maximum absolute atomic E-state index is 12.5. The van der Waals surface area contributed by atoms with Gasteiger partial charge in [0.2, 0.25) is 0 Å². The molecule has 1 aromatic carbocycles. The van der Waals surface area contributed by atoms with E-state index in [0.29, 0.717) is 0 Å². The van der Waals surface area contributed by atoms with Gasteiger partial charge in [0.25, 0.3) is 5.91 Å². The van der Waals surface area contributed by atoms with Crippen molar-refractivity contribution in [3.63, 3.8) is 0 Å². The molecule has 1 fully saturated rings. The summed E-state index contributed by atoms with van der Waals surface area (Å²) >= 11 is 1.53. The predicted molar refractivity (Wildman–Crippen MR) is 97.6 cm³/mol. The second-order valence-electron chi connectivity index (χ2n) is 5.89. The number of amides is 1. The van der Waals surface area contributed by atoms with E-state index in [-0.39, 0.29) is 5.91 Å². The number of hydrogen-bond acceptors (Lipinski definition) is 3. The lowest BCUT2D eigenvalue weighted by Crippen LogP contribution is -2.49. The van der Waals surface area contributed by atoms with Crippen LogP contribution in [0.5, 0.6) is 0 Å². The summed E-state index contributed by atoms with van der Waals surface area (Å²) < 4.78 is 0. The second-order valence-corrected chi connectivity index (χ2v) is 6.84. The van der Waals surface area contributed by atoms with Crippen molar-refractivity contribution in [2.75, 3.05) is 31.1 Å². The molecular formula is C19H24N2OS. The summed E-state index contributed by atoms with van der Waals surface area (Å²) in [6.07, 6.45) is 2.11. The summed E-state index contributed by atoms with van der Waals surface area (Å²) in [5, 5.41) is 1.97. The fourth-order valence-corrected chi connectivity index (χ4v) is 4.00. The van der Waals surface area contributed by atoms with E-state index in [0.717, 1.165) is 43.9 Å². The first-order valence-corrected chi connectivity index (χ1v) is 9.31. The monoisotopic (exact) mass is 328 g/mol. The van der Waals surface area contributed by atoms with E-state index in [1.54, 1.807) is 0 Å². The van der Waals surface area contributed by atoms with Gasteiger partial charge in [-0.3, -0.25) is 4.79 Å². The molecule has 4 heteroatoms. The van der Waals surface area contributed by atoms with Crippen molar-refractivity contribution in [1.82, 2.24) is 4.90 Å². The van der Waals surface area contributed by atoms with Crippen molar-refractivity contribution in [2.24, 2.45) is 0 Å². The van der Waals surface area contributed by atoms with Gasteiger partial charge in [-0.25, -0.2) is 0 Å². The Kier molecular flexibility index (Phi) is 5.01. The lowest BCUT2D eigenvalue weighted by atomic mass is 10.0. The smallest absolute Gasteiger partial charge is 0.264 e. The molecule has 2 aromatic rings. The van der Waals surface area contributed by atoms with Gasteiger partial charge in [0.1, 0.15) is 0 Å². The van der Waals surface area contributed by atoms with E-state index in [1.807, 2.05) is 22.4 Å². The van der Waals surface area contributed by atoms with Crippen molar-refractivity contribution >= 4 is 22.9 Å². The summed E-state index contributed by atoms with van der Waals surface area (Å²) in [5.41, 5.74) is 4.24. The first kappa shape index (κ1) is 16.1. The van der Waals surface area contributed by atoms with Crippen LogP contribution in [0.15, 0.2) is 35.7 Å². The third kappa shape index (κ3) is 3.27. The second kappa shape index (κ2) is 7.18. The molecule has 0 spiro atoms. The van der Waals surface area contributed by atoms with Gasteiger partial charge in [-0.2, -0.15) is 0 Å². The van der Waals surface area contributed by atoms with Gasteiger partial charge >= 0.3 is 0 Å². The van der Waals surface area contributed by atoms with E-state index < -0.39 is 0 Å². The van der Waals surface area contributed by atoms with Crippen LogP contribution in [-0.2, 0) is 12.8 Å². The Morgan fingerprint density at radius 1 is 1.00 bits per heavy atom. The van der Waals surface area contributed by atoms with Gasteiger partial charge in [-0.15, -0.1) is 11.3 Å². The van der Waals surface area contributed by atoms with Gasteiger partial charge in [-0.1, -0.05) is 38.1 Å². The van der Waals surface area contributed by atoms with Crippen LogP contribution in [0.4, 0.5) is 5.69 Å². The van der Waals surface area contributed by atoms with Crippen LogP contribution in [0.1, 0.15) is 34.6 Å². The average Bonchev–Trinajstić information content (AvgIpc) is 3.15. The Morgan fingerprint density at radius 2 is 1.65 bits per heavy atom. The molecule has 122 valence electrons. The van der Waals surface area contributed by atoms with Crippen LogP contribution in [0.2, 0.25) is 0 Å². The van der Waals surface area contributed by atoms with E-state index in [2.05, 4.69) is 36.9 Å². The SMILES string of the molecule is CCc1cccc(CC)c1N1CCN(C(=O)c2cccs2)CC1. The van der Waals surface area contributed by atoms with Crippen LogP contribution >= 0.6 is 11.3 Å². The zero-order chi connectivity index (χ0) is 16.2. The molecule has 0 bridgehead atoms. The number of nitrogens with zero attached hydrogens (tertiary/aromatic N) is 2. The van der Waals surface area contributed by atoms with Crippen molar-refractivity contribution in [3.8, 4) is 0 Å². The fraction of sp³-hybridized carbons (Fsp3) is 0.421. The summed E-state index contributed by atoms with van der Waals surface area (Å²) in [6, 6.07) is 10.5. The number of benzene rings is 1. The number of anilines is 1. The summed E-state index contributed by atoms with van der Waals surface area (Å²) in [4.78, 5) is 17.8. The molecule has 2 heterocycles. The minimum absolute atomic E-state index is 0.180. The van der Waals surface area contributed by atoms with Gasteiger partial charge in [-0.05, 0) is 35.4 Å². The number of hydrogen-bond donors (Lipinski definition) is 0. The number of para-hydroxylation sites is 1. The van der Waals surface area contributed by atoms with Crippen molar-refractivity contribution in [3.05, 3.63) is 51.7 Å². The van der Waals surface area contributed by atoms with Crippen LogP contribution in [0, 0.1) is 0 Å². The van der Waals surface area contributed by atoms with Gasteiger partial charge in [0, 0.05) is 31.9 Å². The predicted octanol–water partition coefficient (Wildman–Crippen LogP) is 3.84. The largest absolute Gasteiger partial charge is 0.368 e. The summed E-state index contributed by atoms with van der Waals surface area (Å²) in [6.45, 7) is 7.88. The van der Waals surface area contributed by atoms with E-state index >= 15 is 0 Å². The quantitative estimate of drug-likeness (QED) is 0.851. The number of thiophene rings is 1. The third-order valence-electron chi connectivity index (χ3n) is 4.58. The Bertz CT molecular complexity index is 636. The Morgan fingerprint density at radius 3 is 2.17 bits per heavy atom. The number of aryl methyl sites for hydroxylation is 2. The lowest BCUT2D eigenvalue weighted by Gasteiger charge is -2.38. The zero-order valence-corrected chi connectivity index (χ0v) is 14.7. The molecule has 3 nitrogen and oxygen atoms in total. The standard InChI is InChI=1S/C19H24N2OS/c1-3-15-7-5-8-16(4-2)18(15)20-10-12-21(13-11-20)19(22)17-9-6-14-23-17/h5-9,14H,3-4,10-13H2,1-2H3. The van der Waals surface area contributed by atoms with Gasteiger partial charge in [0.05, 0.1) is 4.88 Å². The van der Waals surface area contributed by atoms with E-state index in [1.165, 1.54) is 28.2 Å². The fourth-order valence-electron chi connectivity index (χ4n) is 3.31. The maximum atomic E-state index is 12.5.